The van der Waals surface area contributed by atoms with Gasteiger partial charge in [0, 0.05) is 29.6 Å². The van der Waals surface area contributed by atoms with Gasteiger partial charge in [0.15, 0.2) is 0 Å². The van der Waals surface area contributed by atoms with Crippen LogP contribution in [-0.2, 0) is 21.8 Å². The number of aryl methyl sites for hydroxylation is 1. The number of carbonyl (C=O) groups is 2. The quantitative estimate of drug-likeness (QED) is 0.116. The Morgan fingerprint density at radius 2 is 1.86 bits per heavy atom. The van der Waals surface area contributed by atoms with Gasteiger partial charge in [0.1, 0.15) is 5.70 Å². The summed E-state index contributed by atoms with van der Waals surface area (Å²) in [6.45, 7) is 9.40. The Morgan fingerprint density at radius 1 is 1.17 bits per heavy atom. The van der Waals surface area contributed by atoms with Gasteiger partial charge < -0.3 is 15.7 Å². The SMILES string of the molecule is C/C=C/C(NC(=O)/C(=C/C(=C/CC)C(=O)NCc1ccc(P)c(C(F)(F)P)c1)n1nccc1C)C(O)C/C(C)=C/CC. The first kappa shape index (κ1) is 35.2. The molecule has 1 aromatic carbocycles. The lowest BCUT2D eigenvalue weighted by molar-refractivity contribution is -0.117. The van der Waals surface area contributed by atoms with E-state index in [0.717, 1.165) is 12.0 Å². The molecule has 0 saturated carbocycles. The fourth-order valence-electron chi connectivity index (χ4n) is 4.31. The molecule has 0 radical (unpaired) electrons. The zero-order valence-corrected chi connectivity index (χ0v) is 27.1. The van der Waals surface area contributed by atoms with Crippen molar-refractivity contribution in [2.75, 3.05) is 0 Å². The minimum absolute atomic E-state index is 0.00887. The Balaban J connectivity index is 2.38. The molecule has 0 aliphatic carbocycles. The molecule has 0 saturated heterocycles. The van der Waals surface area contributed by atoms with E-state index in [0.29, 0.717) is 29.4 Å². The molecule has 2 aromatic rings. The summed E-state index contributed by atoms with van der Waals surface area (Å²) in [5, 5.41) is 21.2. The lowest BCUT2D eigenvalue weighted by Gasteiger charge is -2.23. The second-order valence-corrected chi connectivity index (χ2v) is 11.3. The summed E-state index contributed by atoms with van der Waals surface area (Å²) < 4.78 is 29.4. The minimum Gasteiger partial charge on any atom is -0.390 e. The van der Waals surface area contributed by atoms with Gasteiger partial charge in [-0.3, -0.25) is 9.59 Å². The first-order valence-electron chi connectivity index (χ1n) is 13.9. The third-order valence-corrected chi connectivity index (χ3v) is 7.21. The maximum absolute atomic E-state index is 14.0. The number of allylic oxidation sites excluding steroid dienone is 3. The summed E-state index contributed by atoms with van der Waals surface area (Å²) in [5.41, 5.74) is -0.795. The van der Waals surface area contributed by atoms with Crippen molar-refractivity contribution < 1.29 is 23.5 Å². The number of benzene rings is 1. The van der Waals surface area contributed by atoms with Crippen LogP contribution in [0.25, 0.3) is 5.70 Å². The predicted molar refractivity (Wildman–Crippen MR) is 172 cm³/mol. The molecule has 1 aromatic heterocycles. The monoisotopic (exact) mass is 618 g/mol. The number of halogens is 2. The molecule has 0 aliphatic heterocycles. The molecule has 1 heterocycles. The lowest BCUT2D eigenvalue weighted by atomic mass is 10.0. The van der Waals surface area contributed by atoms with Crippen LogP contribution in [0.15, 0.2) is 72.0 Å². The van der Waals surface area contributed by atoms with Crippen LogP contribution in [0.3, 0.4) is 0 Å². The minimum atomic E-state index is -3.11. The highest BCUT2D eigenvalue weighted by Gasteiger charge is 2.27. The van der Waals surface area contributed by atoms with Crippen LogP contribution in [0, 0.1) is 6.92 Å². The second kappa shape index (κ2) is 16.6. The molecular weight excluding hydrogens is 576 g/mol. The first-order valence-corrected chi connectivity index (χ1v) is 15.0. The van der Waals surface area contributed by atoms with Gasteiger partial charge in [-0.05, 0) is 69.1 Å². The van der Waals surface area contributed by atoms with Gasteiger partial charge in [-0.1, -0.05) is 65.1 Å². The van der Waals surface area contributed by atoms with Gasteiger partial charge in [0.05, 0.1) is 12.1 Å². The zero-order chi connectivity index (χ0) is 31.4. The molecule has 7 nitrogen and oxygen atoms in total. The van der Waals surface area contributed by atoms with E-state index < -0.39 is 29.6 Å². The van der Waals surface area contributed by atoms with E-state index >= 15 is 0 Å². The maximum atomic E-state index is 14.0. The Bertz CT molecular complexity index is 1360. The zero-order valence-electron chi connectivity index (χ0n) is 24.8. The van der Waals surface area contributed by atoms with Gasteiger partial charge >= 0.3 is 0 Å². The summed E-state index contributed by atoms with van der Waals surface area (Å²) in [7, 11) is 3.82. The van der Waals surface area contributed by atoms with Crippen molar-refractivity contribution >= 4 is 41.3 Å². The number of aliphatic hydroxyl groups is 1. The van der Waals surface area contributed by atoms with E-state index in [1.165, 1.54) is 26.1 Å². The van der Waals surface area contributed by atoms with Gasteiger partial charge in [0.25, 0.3) is 17.5 Å². The van der Waals surface area contributed by atoms with Crippen molar-refractivity contribution in [1.29, 1.82) is 0 Å². The topological polar surface area (TPSA) is 96.3 Å². The van der Waals surface area contributed by atoms with Crippen molar-refractivity contribution in [1.82, 2.24) is 20.4 Å². The number of amides is 2. The summed E-state index contributed by atoms with van der Waals surface area (Å²) in [6.07, 6.45) is 11.0. The molecule has 228 valence electrons. The molecule has 0 bridgehead atoms. The molecule has 2 amide bonds. The highest BCUT2D eigenvalue weighted by molar-refractivity contribution is 7.27. The Hall–Kier alpha value is -2.99. The molecule has 0 fully saturated rings. The number of alkyl halides is 2. The van der Waals surface area contributed by atoms with Gasteiger partial charge in [-0.2, -0.15) is 13.9 Å². The van der Waals surface area contributed by atoms with E-state index in [4.69, 9.17) is 0 Å². The second-order valence-electron chi connectivity index (χ2n) is 9.96. The van der Waals surface area contributed by atoms with E-state index in [-0.39, 0.29) is 23.4 Å². The van der Waals surface area contributed by atoms with Crippen LogP contribution in [0.1, 0.15) is 63.8 Å². The third-order valence-electron chi connectivity index (χ3n) is 6.40. The molecule has 2 rings (SSSR count). The smallest absolute Gasteiger partial charge is 0.284 e. The van der Waals surface area contributed by atoms with Crippen molar-refractivity contribution in [2.45, 2.75) is 78.2 Å². The van der Waals surface area contributed by atoms with E-state index in [2.05, 4.69) is 25.0 Å². The highest BCUT2D eigenvalue weighted by Crippen LogP contribution is 2.34. The summed E-state index contributed by atoms with van der Waals surface area (Å²) in [5.74, 6) is -1.01. The average molecular weight is 619 g/mol. The molecule has 4 atom stereocenters. The number of nitrogens with zero attached hydrogens (tertiary/aromatic N) is 2. The van der Waals surface area contributed by atoms with Crippen molar-refractivity contribution in [2.24, 2.45) is 0 Å². The van der Waals surface area contributed by atoms with Crippen LogP contribution in [0.4, 0.5) is 8.78 Å². The Morgan fingerprint density at radius 3 is 2.43 bits per heavy atom. The average Bonchev–Trinajstić information content (AvgIpc) is 3.34. The number of aromatic nitrogens is 2. The molecule has 3 N–H and O–H groups in total. The Labute approximate surface area is 252 Å². The highest BCUT2D eigenvalue weighted by atomic mass is 31.0. The van der Waals surface area contributed by atoms with Crippen LogP contribution >= 0.6 is 18.5 Å². The maximum Gasteiger partial charge on any atom is 0.284 e. The van der Waals surface area contributed by atoms with Crippen molar-refractivity contribution in [3.63, 3.8) is 0 Å². The fourth-order valence-corrected chi connectivity index (χ4v) is 5.10. The van der Waals surface area contributed by atoms with Gasteiger partial charge in [-0.15, -0.1) is 9.24 Å². The molecule has 42 heavy (non-hydrogen) atoms. The molecule has 4 unspecified atom stereocenters. The van der Waals surface area contributed by atoms with E-state index in [9.17, 15) is 23.5 Å². The van der Waals surface area contributed by atoms with Gasteiger partial charge in [-0.25, -0.2) is 4.68 Å². The number of aliphatic hydroxyl groups excluding tert-OH is 1. The number of hydrogen-bond acceptors (Lipinski definition) is 4. The standard InChI is InChI=1S/C31H42F2N4O3P2/c1-6-9-20(4)16-27(38)25(11-8-3)36-30(40)26(37-21(5)14-15-35-37)18-23(10-7-2)29(39)34-19-22-12-13-28(41)24(17-22)31(32,33)42/h8-15,17-18,25,27,38H,6-7,16,19,41-42H2,1-5H3,(H,34,39)(H,36,40)/b11-8+,20-9+,23-10-,26-18-. The van der Waals surface area contributed by atoms with Gasteiger partial charge in [0.2, 0.25) is 0 Å². The molecule has 11 heteroatoms. The largest absolute Gasteiger partial charge is 0.390 e. The molecule has 0 aliphatic rings. The van der Waals surface area contributed by atoms with Crippen LogP contribution < -0.4 is 15.9 Å². The third kappa shape index (κ3) is 10.4. The summed E-state index contributed by atoms with van der Waals surface area (Å²) in [6, 6.07) is 5.62. The van der Waals surface area contributed by atoms with Crippen LogP contribution in [0.5, 0.6) is 0 Å². The lowest BCUT2D eigenvalue weighted by Crippen LogP contribution is -2.43. The number of carbonyl (C=O) groups excluding carboxylic acids is 2. The van der Waals surface area contributed by atoms with E-state index in [1.807, 2.05) is 26.8 Å². The fraction of sp³-hybridized carbons (Fsp3) is 0.387. The number of nitrogens with one attached hydrogen (secondary N) is 2. The summed E-state index contributed by atoms with van der Waals surface area (Å²) >= 11 is 0. The summed E-state index contributed by atoms with van der Waals surface area (Å²) in [4.78, 5) is 27.0. The van der Waals surface area contributed by atoms with E-state index in [1.54, 1.807) is 56.5 Å². The van der Waals surface area contributed by atoms with Crippen LogP contribution in [-0.4, -0.2) is 38.8 Å². The van der Waals surface area contributed by atoms with Crippen LogP contribution in [0.2, 0.25) is 0 Å². The predicted octanol–water partition coefficient (Wildman–Crippen LogP) is 5.28. The molecule has 0 spiro atoms. The van der Waals surface area contributed by atoms with Crippen molar-refractivity contribution in [3.05, 3.63) is 88.8 Å². The Kier molecular flexibility index (Phi) is 13.9. The molecular formula is C31H42F2N4O3P2. The first-order chi connectivity index (χ1) is 19.8. The number of rotatable bonds is 14. The normalized spacial score (nSPS) is 14.7. The van der Waals surface area contributed by atoms with Crippen molar-refractivity contribution in [3.8, 4) is 0 Å². The number of hydrogen-bond donors (Lipinski definition) is 3.